The number of carboxylic acids is 1. The zero-order valence-corrected chi connectivity index (χ0v) is 15.2. The van der Waals surface area contributed by atoms with Crippen molar-refractivity contribution >= 4 is 23.5 Å². The maximum atomic E-state index is 12.7. The molecule has 1 aromatic rings. The lowest BCUT2D eigenvalue weighted by atomic mass is 10.0. The van der Waals surface area contributed by atoms with Crippen LogP contribution in [-0.2, 0) is 14.3 Å². The zero-order chi connectivity index (χ0) is 19.1. The number of nitrogens with zero attached hydrogens (tertiary/aromatic N) is 1. The van der Waals surface area contributed by atoms with Crippen LogP contribution in [0.2, 0.25) is 0 Å². The Kier molecular flexibility index (Phi) is 7.15. The molecular formula is C19H26N2O5. The van der Waals surface area contributed by atoms with Gasteiger partial charge < -0.3 is 20.1 Å². The average Bonchev–Trinajstić information content (AvgIpc) is 2.65. The Morgan fingerprint density at radius 3 is 2.81 bits per heavy atom. The van der Waals surface area contributed by atoms with Gasteiger partial charge in [-0.3, -0.25) is 9.59 Å². The van der Waals surface area contributed by atoms with Crippen molar-refractivity contribution in [2.24, 2.45) is 0 Å². The number of ether oxygens (including phenoxy) is 1. The predicted molar refractivity (Wildman–Crippen MR) is 97.1 cm³/mol. The first-order valence-corrected chi connectivity index (χ1v) is 8.97. The number of carbonyl (C=O) groups excluding carboxylic acids is 2. The van der Waals surface area contributed by atoms with Crippen molar-refractivity contribution in [1.82, 2.24) is 4.90 Å². The third-order valence-electron chi connectivity index (χ3n) is 4.52. The van der Waals surface area contributed by atoms with Crippen LogP contribution < -0.4 is 5.32 Å². The van der Waals surface area contributed by atoms with E-state index in [-0.39, 0.29) is 24.5 Å². The fourth-order valence-corrected chi connectivity index (χ4v) is 2.86. The molecule has 0 aliphatic carbocycles. The summed E-state index contributed by atoms with van der Waals surface area (Å²) < 4.78 is 5.39. The number of hydrogen-bond donors (Lipinski definition) is 2. The lowest BCUT2D eigenvalue weighted by Crippen LogP contribution is -2.48. The molecule has 2 atom stereocenters. The van der Waals surface area contributed by atoms with E-state index in [9.17, 15) is 19.5 Å². The number of likely N-dealkylation sites (tertiary alicyclic amines) is 1. The molecule has 1 fully saturated rings. The van der Waals surface area contributed by atoms with E-state index in [1.807, 2.05) is 13.8 Å². The van der Waals surface area contributed by atoms with Crippen molar-refractivity contribution < 1.29 is 24.2 Å². The first-order chi connectivity index (χ1) is 12.4. The molecule has 0 aromatic heterocycles. The maximum absolute atomic E-state index is 12.7. The molecule has 1 aliphatic rings. The largest absolute Gasteiger partial charge is 0.480 e. The number of piperidine rings is 1. The Morgan fingerprint density at radius 1 is 1.35 bits per heavy atom. The summed E-state index contributed by atoms with van der Waals surface area (Å²) in [5.41, 5.74) is 0.844. The maximum Gasteiger partial charge on any atom is 0.326 e. The van der Waals surface area contributed by atoms with E-state index in [1.54, 1.807) is 24.3 Å². The molecule has 1 aliphatic heterocycles. The van der Waals surface area contributed by atoms with E-state index in [2.05, 4.69) is 5.32 Å². The Labute approximate surface area is 153 Å². The second kappa shape index (κ2) is 9.33. The SMILES string of the molecule is CCC(C)OCC(=O)Nc1cccc(C(=O)N2CCCCC2C(=O)O)c1. The predicted octanol–water partition coefficient (Wildman–Crippen LogP) is 2.52. The highest BCUT2D eigenvalue weighted by atomic mass is 16.5. The van der Waals surface area contributed by atoms with Gasteiger partial charge in [-0.05, 0) is 50.8 Å². The second-order valence-corrected chi connectivity index (χ2v) is 6.51. The molecular weight excluding hydrogens is 336 g/mol. The van der Waals surface area contributed by atoms with E-state index in [4.69, 9.17) is 4.74 Å². The van der Waals surface area contributed by atoms with Crippen molar-refractivity contribution in [2.75, 3.05) is 18.5 Å². The monoisotopic (exact) mass is 362 g/mol. The number of nitrogens with one attached hydrogen (secondary N) is 1. The van der Waals surface area contributed by atoms with E-state index >= 15 is 0 Å². The van der Waals surface area contributed by atoms with Gasteiger partial charge in [0.05, 0.1) is 6.10 Å². The summed E-state index contributed by atoms with van der Waals surface area (Å²) in [5.74, 6) is -1.61. The smallest absolute Gasteiger partial charge is 0.326 e. The summed E-state index contributed by atoms with van der Waals surface area (Å²) in [4.78, 5) is 37.5. The number of carbonyl (C=O) groups is 3. The van der Waals surface area contributed by atoms with Crippen LogP contribution in [0.15, 0.2) is 24.3 Å². The number of benzene rings is 1. The number of aliphatic carboxylic acids is 1. The molecule has 0 spiro atoms. The first-order valence-electron chi connectivity index (χ1n) is 8.97. The highest BCUT2D eigenvalue weighted by Crippen LogP contribution is 2.21. The van der Waals surface area contributed by atoms with Gasteiger partial charge >= 0.3 is 5.97 Å². The minimum Gasteiger partial charge on any atom is -0.480 e. The summed E-state index contributed by atoms with van der Waals surface area (Å²) in [7, 11) is 0. The topological polar surface area (TPSA) is 95.9 Å². The highest BCUT2D eigenvalue weighted by Gasteiger charge is 2.32. The Morgan fingerprint density at radius 2 is 2.12 bits per heavy atom. The van der Waals surface area contributed by atoms with Crippen LogP contribution >= 0.6 is 0 Å². The standard InChI is InChI=1S/C19H26N2O5/c1-3-13(2)26-12-17(22)20-15-8-6-7-14(11-15)18(23)21-10-5-4-9-16(21)19(24)25/h6-8,11,13,16H,3-5,9-10,12H2,1-2H3,(H,20,22)(H,24,25). The fourth-order valence-electron chi connectivity index (χ4n) is 2.86. The van der Waals surface area contributed by atoms with Gasteiger partial charge in [0.2, 0.25) is 5.91 Å². The molecule has 0 saturated carbocycles. The number of amides is 2. The van der Waals surface area contributed by atoms with Crippen LogP contribution in [0.3, 0.4) is 0 Å². The van der Waals surface area contributed by atoms with E-state index in [1.165, 1.54) is 4.90 Å². The minimum atomic E-state index is -0.982. The van der Waals surface area contributed by atoms with Gasteiger partial charge in [0.1, 0.15) is 12.6 Å². The lowest BCUT2D eigenvalue weighted by Gasteiger charge is -2.33. The molecule has 2 rings (SSSR count). The van der Waals surface area contributed by atoms with E-state index in [0.29, 0.717) is 24.2 Å². The summed E-state index contributed by atoms with van der Waals surface area (Å²) >= 11 is 0. The number of rotatable bonds is 7. The number of anilines is 1. The molecule has 1 aromatic carbocycles. The molecule has 7 nitrogen and oxygen atoms in total. The fraction of sp³-hybridized carbons (Fsp3) is 0.526. The van der Waals surface area contributed by atoms with Gasteiger partial charge in [0, 0.05) is 17.8 Å². The summed E-state index contributed by atoms with van der Waals surface area (Å²) in [6.07, 6.45) is 2.87. The Bertz CT molecular complexity index is 661. The van der Waals surface area contributed by atoms with Crippen LogP contribution in [0.4, 0.5) is 5.69 Å². The average molecular weight is 362 g/mol. The van der Waals surface area contributed by atoms with Gasteiger partial charge in [0.15, 0.2) is 0 Å². The molecule has 0 radical (unpaired) electrons. The van der Waals surface area contributed by atoms with Gasteiger partial charge in [-0.15, -0.1) is 0 Å². The zero-order valence-electron chi connectivity index (χ0n) is 15.2. The van der Waals surface area contributed by atoms with Crippen molar-refractivity contribution in [3.63, 3.8) is 0 Å². The molecule has 1 saturated heterocycles. The molecule has 26 heavy (non-hydrogen) atoms. The van der Waals surface area contributed by atoms with Gasteiger partial charge in [-0.1, -0.05) is 13.0 Å². The highest BCUT2D eigenvalue weighted by molar-refractivity contribution is 5.99. The van der Waals surface area contributed by atoms with Crippen molar-refractivity contribution in [2.45, 2.75) is 51.7 Å². The molecule has 0 bridgehead atoms. The number of hydrogen-bond acceptors (Lipinski definition) is 4. The van der Waals surface area contributed by atoms with Gasteiger partial charge in [-0.2, -0.15) is 0 Å². The first kappa shape index (κ1) is 19.9. The van der Waals surface area contributed by atoms with Crippen LogP contribution in [0.25, 0.3) is 0 Å². The van der Waals surface area contributed by atoms with Crippen molar-refractivity contribution in [3.05, 3.63) is 29.8 Å². The van der Waals surface area contributed by atoms with Crippen molar-refractivity contribution in [1.29, 1.82) is 0 Å². The molecule has 2 N–H and O–H groups in total. The van der Waals surface area contributed by atoms with E-state index < -0.39 is 12.0 Å². The number of carboxylic acid groups (broad SMARTS) is 1. The van der Waals surface area contributed by atoms with Gasteiger partial charge in [0.25, 0.3) is 5.91 Å². The summed E-state index contributed by atoms with van der Waals surface area (Å²) in [6, 6.07) is 5.75. The Hall–Kier alpha value is -2.41. The third kappa shape index (κ3) is 5.29. The normalized spacial score (nSPS) is 18.2. The van der Waals surface area contributed by atoms with Crippen LogP contribution in [0, 0.1) is 0 Å². The quantitative estimate of drug-likeness (QED) is 0.777. The Balaban J connectivity index is 2.04. The van der Waals surface area contributed by atoms with Crippen molar-refractivity contribution in [3.8, 4) is 0 Å². The third-order valence-corrected chi connectivity index (χ3v) is 4.52. The molecule has 2 amide bonds. The summed E-state index contributed by atoms with van der Waals surface area (Å²) in [5, 5.41) is 12.0. The van der Waals surface area contributed by atoms with Crippen LogP contribution in [0.5, 0.6) is 0 Å². The van der Waals surface area contributed by atoms with Crippen LogP contribution in [-0.4, -0.2) is 53.1 Å². The minimum absolute atomic E-state index is 0.000663. The molecule has 142 valence electrons. The second-order valence-electron chi connectivity index (χ2n) is 6.51. The molecule has 7 heteroatoms. The summed E-state index contributed by atoms with van der Waals surface area (Å²) in [6.45, 7) is 4.24. The van der Waals surface area contributed by atoms with E-state index in [0.717, 1.165) is 19.3 Å². The molecule has 1 heterocycles. The van der Waals surface area contributed by atoms with Crippen LogP contribution in [0.1, 0.15) is 49.9 Å². The van der Waals surface area contributed by atoms with Gasteiger partial charge in [-0.25, -0.2) is 4.79 Å². The lowest BCUT2D eigenvalue weighted by molar-refractivity contribution is -0.143. The molecule has 2 unspecified atom stereocenters.